The summed E-state index contributed by atoms with van der Waals surface area (Å²) in [4.78, 5) is 25.9. The molecule has 1 fully saturated rings. The quantitative estimate of drug-likeness (QED) is 0.218. The Morgan fingerprint density at radius 2 is 1.83 bits per heavy atom. The van der Waals surface area contributed by atoms with Crippen LogP contribution in [0.25, 0.3) is 11.1 Å². The third kappa shape index (κ3) is 7.09. The molecule has 1 saturated heterocycles. The highest BCUT2D eigenvalue weighted by molar-refractivity contribution is 6.34. The first-order chi connectivity index (χ1) is 22.9. The normalized spacial score (nSPS) is 19.5. The van der Waals surface area contributed by atoms with Crippen molar-refractivity contribution in [1.82, 2.24) is 10.6 Å². The molecule has 0 aliphatic carbocycles. The monoisotopic (exact) mass is 686 g/mol. The number of fused-ring (bicyclic) bond motifs is 1. The van der Waals surface area contributed by atoms with E-state index in [4.69, 9.17) is 35.3 Å². The van der Waals surface area contributed by atoms with Gasteiger partial charge in [-0.3, -0.25) is 4.79 Å². The average Bonchev–Trinajstić information content (AvgIpc) is 3.46. The van der Waals surface area contributed by atoms with Gasteiger partial charge >= 0.3 is 6.09 Å². The van der Waals surface area contributed by atoms with E-state index >= 15 is 8.78 Å². The topological polar surface area (TPSA) is 104 Å². The van der Waals surface area contributed by atoms with Crippen LogP contribution in [0.3, 0.4) is 0 Å². The molecule has 12 heteroatoms. The van der Waals surface area contributed by atoms with E-state index in [1.807, 2.05) is 51.1 Å². The molecule has 0 aromatic heterocycles. The van der Waals surface area contributed by atoms with E-state index in [-0.39, 0.29) is 54.1 Å². The van der Waals surface area contributed by atoms with E-state index < -0.39 is 45.7 Å². The number of carbonyl (C=O) groups is 2. The van der Waals surface area contributed by atoms with Gasteiger partial charge in [-0.05, 0) is 42.4 Å². The lowest BCUT2D eigenvalue weighted by Gasteiger charge is -2.44. The summed E-state index contributed by atoms with van der Waals surface area (Å²) >= 11 is 6.69. The predicted molar refractivity (Wildman–Crippen MR) is 176 cm³/mol. The first-order valence-electron chi connectivity index (χ1n) is 15.9. The number of amides is 2. The maximum atomic E-state index is 16.7. The van der Waals surface area contributed by atoms with Gasteiger partial charge in [-0.1, -0.05) is 62.7 Å². The predicted octanol–water partition coefficient (Wildman–Crippen LogP) is 7.17. The Kier molecular flexibility index (Phi) is 10.8. The maximum absolute atomic E-state index is 16.7. The molecule has 2 heterocycles. The van der Waals surface area contributed by atoms with Gasteiger partial charge in [0.15, 0.2) is 23.5 Å². The summed E-state index contributed by atoms with van der Waals surface area (Å²) in [6.45, 7) is 6.53. The van der Waals surface area contributed by atoms with Gasteiger partial charge in [0.25, 0.3) is 5.91 Å². The minimum Gasteiger partial charge on any atom is -0.488 e. The lowest BCUT2D eigenvalue weighted by molar-refractivity contribution is -0.165. The first-order valence-corrected chi connectivity index (χ1v) is 16.3. The smallest absolute Gasteiger partial charge is 0.407 e. The molecule has 258 valence electrons. The zero-order valence-electron chi connectivity index (χ0n) is 27.7. The minimum absolute atomic E-state index is 0.00276. The maximum Gasteiger partial charge on any atom is 0.407 e. The lowest BCUT2D eigenvalue weighted by Crippen LogP contribution is -2.59. The molecule has 48 heavy (non-hydrogen) atoms. The molecule has 0 saturated carbocycles. The van der Waals surface area contributed by atoms with Gasteiger partial charge < -0.3 is 34.3 Å². The van der Waals surface area contributed by atoms with Crippen LogP contribution < -0.4 is 20.1 Å². The van der Waals surface area contributed by atoms with E-state index in [2.05, 4.69) is 10.6 Å². The van der Waals surface area contributed by atoms with Gasteiger partial charge in [0, 0.05) is 42.8 Å². The van der Waals surface area contributed by atoms with Crippen molar-refractivity contribution in [3.8, 4) is 22.6 Å². The van der Waals surface area contributed by atoms with Crippen molar-refractivity contribution in [3.63, 3.8) is 0 Å². The molecule has 0 radical (unpaired) electrons. The number of alkyl carbamates (subject to hydrolysis) is 1. The van der Waals surface area contributed by atoms with Crippen molar-refractivity contribution in [2.45, 2.75) is 64.4 Å². The van der Waals surface area contributed by atoms with Crippen LogP contribution in [0.2, 0.25) is 5.02 Å². The molecule has 5 rings (SSSR count). The Morgan fingerprint density at radius 1 is 1.08 bits per heavy atom. The molecule has 9 nitrogen and oxygen atoms in total. The van der Waals surface area contributed by atoms with Gasteiger partial charge in [-0.25, -0.2) is 13.6 Å². The summed E-state index contributed by atoms with van der Waals surface area (Å²) < 4.78 is 61.2. The van der Waals surface area contributed by atoms with Crippen LogP contribution in [0.1, 0.15) is 61.5 Å². The van der Waals surface area contributed by atoms with E-state index in [0.29, 0.717) is 17.7 Å². The number of hydrogen-bond acceptors (Lipinski definition) is 7. The fourth-order valence-corrected chi connectivity index (χ4v) is 6.75. The van der Waals surface area contributed by atoms with Crippen molar-refractivity contribution in [2.24, 2.45) is 5.41 Å². The van der Waals surface area contributed by atoms with E-state index in [1.165, 1.54) is 26.3 Å². The van der Waals surface area contributed by atoms with Crippen molar-refractivity contribution in [1.29, 1.82) is 0 Å². The first kappa shape index (κ1) is 35.4. The zero-order chi connectivity index (χ0) is 34.6. The molecule has 2 aliphatic rings. The Labute approximate surface area is 284 Å². The van der Waals surface area contributed by atoms with E-state index in [9.17, 15) is 9.59 Å². The number of carbonyl (C=O) groups excluding carboxylic acids is 2. The number of hydrogen-bond donors (Lipinski definition) is 2. The summed E-state index contributed by atoms with van der Waals surface area (Å²) in [5.41, 5.74) is -1.31. The largest absolute Gasteiger partial charge is 0.488 e. The molecule has 2 aliphatic heterocycles. The number of benzene rings is 3. The van der Waals surface area contributed by atoms with Crippen molar-refractivity contribution < 1.29 is 42.1 Å². The van der Waals surface area contributed by atoms with Gasteiger partial charge in [-0.2, -0.15) is 0 Å². The molecular weight excluding hydrogens is 646 g/mol. The van der Waals surface area contributed by atoms with Gasteiger partial charge in [0.05, 0.1) is 30.3 Å². The van der Waals surface area contributed by atoms with Crippen LogP contribution in [0.5, 0.6) is 11.5 Å². The summed E-state index contributed by atoms with van der Waals surface area (Å²) in [5.74, 6) is -2.48. The van der Waals surface area contributed by atoms with Gasteiger partial charge in [-0.15, -0.1) is 0 Å². The van der Waals surface area contributed by atoms with Crippen LogP contribution in [-0.2, 0) is 26.2 Å². The van der Waals surface area contributed by atoms with Crippen molar-refractivity contribution in [2.75, 3.05) is 34.0 Å². The van der Waals surface area contributed by atoms with Crippen LogP contribution >= 0.6 is 11.6 Å². The molecule has 0 spiro atoms. The van der Waals surface area contributed by atoms with Crippen LogP contribution in [0.4, 0.5) is 13.6 Å². The summed E-state index contributed by atoms with van der Waals surface area (Å²) in [6.07, 6.45) is 1.73. The molecular formula is C36H41ClF2N2O7. The molecule has 2 amide bonds. The standard InChI is InChI=1S/C36H41ClF2N2O7/c1-35(2,3)33(41-34(43)44-5)36(21-11-7-6-8-12-21)20-23-26(48-36)19-24(38)30(37)28(23)29-22(32(42)40-4)14-15-25(31(29)39)45-17-18-47-27-13-9-10-16-46-27/h6-8,11-12,14-15,19,27,33H,9-10,13,16-18,20H2,1-5H3,(H,40,42)(H,41,43). The van der Waals surface area contributed by atoms with Crippen LogP contribution in [0.15, 0.2) is 48.5 Å². The van der Waals surface area contributed by atoms with Crippen LogP contribution in [-0.4, -0.2) is 58.3 Å². The Morgan fingerprint density at radius 3 is 2.48 bits per heavy atom. The average molecular weight is 687 g/mol. The van der Waals surface area contributed by atoms with Crippen LogP contribution in [0, 0.1) is 17.0 Å². The fraction of sp³-hybridized carbons (Fsp3) is 0.444. The molecule has 3 aromatic rings. The molecule has 3 aromatic carbocycles. The minimum atomic E-state index is -1.32. The number of nitrogens with one attached hydrogen (secondary N) is 2. The second-order valence-corrected chi connectivity index (χ2v) is 13.3. The summed E-state index contributed by atoms with van der Waals surface area (Å²) in [7, 11) is 2.67. The summed E-state index contributed by atoms with van der Waals surface area (Å²) in [6, 6.07) is 12.3. The number of halogens is 3. The highest BCUT2D eigenvalue weighted by atomic mass is 35.5. The SMILES string of the molecule is CNC(=O)c1ccc(OCCOC2CCCCO2)c(F)c1-c1c(Cl)c(F)cc2c1CC(c1ccccc1)(C(NC(=O)OC)C(C)(C)C)O2. The highest BCUT2D eigenvalue weighted by Gasteiger charge is 2.54. The Bertz CT molecular complexity index is 1640. The van der Waals surface area contributed by atoms with E-state index in [1.54, 1.807) is 0 Å². The molecule has 3 unspecified atom stereocenters. The lowest BCUT2D eigenvalue weighted by atomic mass is 9.70. The molecule has 2 N–H and O–H groups in total. The second-order valence-electron chi connectivity index (χ2n) is 12.9. The van der Waals surface area contributed by atoms with E-state index in [0.717, 1.165) is 25.3 Å². The molecule has 0 bridgehead atoms. The summed E-state index contributed by atoms with van der Waals surface area (Å²) in [5, 5.41) is 5.06. The Hall–Kier alpha value is -3.93. The Balaban J connectivity index is 1.63. The van der Waals surface area contributed by atoms with Crippen molar-refractivity contribution in [3.05, 3.63) is 81.9 Å². The molecule has 3 atom stereocenters. The highest BCUT2D eigenvalue weighted by Crippen LogP contribution is 2.53. The fourth-order valence-electron chi connectivity index (χ4n) is 6.49. The number of methoxy groups -OCH3 is 1. The second kappa shape index (κ2) is 14.7. The van der Waals surface area contributed by atoms with Crippen molar-refractivity contribution >= 4 is 23.6 Å². The number of ether oxygens (including phenoxy) is 5. The zero-order valence-corrected chi connectivity index (χ0v) is 28.5. The van der Waals surface area contributed by atoms with Gasteiger partial charge in [0.1, 0.15) is 18.2 Å². The number of rotatable bonds is 10. The third-order valence-corrected chi connectivity index (χ3v) is 9.04. The third-order valence-electron chi connectivity index (χ3n) is 8.67. The van der Waals surface area contributed by atoms with Gasteiger partial charge in [0.2, 0.25) is 0 Å².